The highest BCUT2D eigenvalue weighted by molar-refractivity contribution is 5.92. The number of nitrogens with zero attached hydrogens (tertiary/aromatic N) is 1. The smallest absolute Gasteiger partial charge is 0.227 e. The number of rotatable bonds is 4. The Hall–Kier alpha value is -1.82. The number of aryl methyl sites for hydroxylation is 2. The largest absolute Gasteiger partial charge is 0.439 e. The highest BCUT2D eigenvalue weighted by Gasteiger charge is 2.21. The fourth-order valence-corrected chi connectivity index (χ4v) is 2.79. The third-order valence-corrected chi connectivity index (χ3v) is 4.27. The Morgan fingerprint density at radius 2 is 1.88 bits per heavy atom. The molecule has 26 heavy (non-hydrogen) atoms. The van der Waals surface area contributed by atoms with Crippen molar-refractivity contribution in [3.63, 3.8) is 0 Å². The summed E-state index contributed by atoms with van der Waals surface area (Å²) in [5.74, 6) is 1.42. The Morgan fingerprint density at radius 3 is 2.58 bits per heavy atom. The molecule has 2 heterocycles. The highest BCUT2D eigenvalue weighted by atomic mass is 35.5. The second-order valence-corrected chi connectivity index (χ2v) is 6.27. The number of hydrogen-bond acceptors (Lipinski definition) is 4. The molecule has 0 spiro atoms. The molecule has 5 nitrogen and oxygen atoms in total. The Labute approximate surface area is 166 Å². The van der Waals surface area contributed by atoms with Gasteiger partial charge in [0, 0.05) is 29.9 Å². The third-order valence-electron chi connectivity index (χ3n) is 4.27. The van der Waals surface area contributed by atoms with Crippen LogP contribution in [0.1, 0.15) is 24.0 Å². The number of carbonyl (C=O) groups is 1. The van der Waals surface area contributed by atoms with Crippen LogP contribution in [0, 0.1) is 19.8 Å². The average molecular weight is 398 g/mol. The van der Waals surface area contributed by atoms with Crippen LogP contribution in [-0.4, -0.2) is 24.0 Å². The van der Waals surface area contributed by atoms with Crippen molar-refractivity contribution in [3.8, 4) is 11.6 Å². The van der Waals surface area contributed by atoms with Crippen molar-refractivity contribution in [3.05, 3.63) is 47.7 Å². The Balaban J connectivity index is 0.00000169. The van der Waals surface area contributed by atoms with E-state index in [0.717, 1.165) is 42.7 Å². The number of anilines is 1. The molecule has 3 rings (SSSR count). The molecular formula is C19H25Cl2N3O2. The van der Waals surface area contributed by atoms with Gasteiger partial charge in [0.1, 0.15) is 5.75 Å². The molecule has 0 unspecified atom stereocenters. The lowest BCUT2D eigenvalue weighted by molar-refractivity contribution is -0.120. The van der Waals surface area contributed by atoms with Crippen molar-refractivity contribution in [2.45, 2.75) is 26.7 Å². The Kier molecular flexibility index (Phi) is 8.85. The predicted molar refractivity (Wildman–Crippen MR) is 109 cm³/mol. The van der Waals surface area contributed by atoms with E-state index in [4.69, 9.17) is 4.74 Å². The minimum Gasteiger partial charge on any atom is -0.439 e. The zero-order valence-electron chi connectivity index (χ0n) is 15.0. The van der Waals surface area contributed by atoms with E-state index in [1.165, 1.54) is 0 Å². The van der Waals surface area contributed by atoms with Crippen LogP contribution in [0.15, 0.2) is 36.5 Å². The van der Waals surface area contributed by atoms with Gasteiger partial charge in [0.15, 0.2) is 0 Å². The summed E-state index contributed by atoms with van der Waals surface area (Å²) in [7, 11) is 0. The number of ether oxygens (including phenoxy) is 1. The summed E-state index contributed by atoms with van der Waals surface area (Å²) >= 11 is 0. The number of aromatic nitrogens is 1. The Morgan fingerprint density at radius 1 is 1.15 bits per heavy atom. The lowest BCUT2D eigenvalue weighted by Gasteiger charge is -2.22. The van der Waals surface area contributed by atoms with E-state index in [1.807, 2.05) is 44.2 Å². The van der Waals surface area contributed by atoms with Gasteiger partial charge in [-0.1, -0.05) is 6.07 Å². The van der Waals surface area contributed by atoms with Gasteiger partial charge in [0.05, 0.1) is 0 Å². The van der Waals surface area contributed by atoms with Crippen LogP contribution < -0.4 is 15.4 Å². The third kappa shape index (κ3) is 5.87. The molecule has 2 N–H and O–H groups in total. The summed E-state index contributed by atoms with van der Waals surface area (Å²) in [6.07, 6.45) is 3.49. The van der Waals surface area contributed by atoms with Gasteiger partial charge in [0.25, 0.3) is 0 Å². The van der Waals surface area contributed by atoms with Gasteiger partial charge in [-0.15, -0.1) is 24.8 Å². The molecule has 0 atom stereocenters. The fourth-order valence-electron chi connectivity index (χ4n) is 2.79. The zero-order chi connectivity index (χ0) is 16.9. The second-order valence-electron chi connectivity index (χ2n) is 6.27. The summed E-state index contributed by atoms with van der Waals surface area (Å²) in [4.78, 5) is 16.6. The fraction of sp³-hybridized carbons (Fsp3) is 0.368. The standard InChI is InChI=1S/C19H23N3O2.2ClH/c1-13-5-10-21-18(11-13)24-17-12-16(4-3-14(17)2)22-19(23)15-6-8-20-9-7-15;;/h3-5,10-12,15,20H,6-9H2,1-2H3,(H,22,23);2*1H. The highest BCUT2D eigenvalue weighted by Crippen LogP contribution is 2.28. The summed E-state index contributed by atoms with van der Waals surface area (Å²) in [6.45, 7) is 5.78. The summed E-state index contributed by atoms with van der Waals surface area (Å²) in [6, 6.07) is 9.53. The van der Waals surface area contributed by atoms with Crippen molar-refractivity contribution < 1.29 is 9.53 Å². The predicted octanol–water partition coefficient (Wildman–Crippen LogP) is 4.27. The van der Waals surface area contributed by atoms with Crippen LogP contribution >= 0.6 is 24.8 Å². The molecule has 1 amide bonds. The molecular weight excluding hydrogens is 373 g/mol. The lowest BCUT2D eigenvalue weighted by atomic mass is 9.97. The molecule has 1 saturated heterocycles. The van der Waals surface area contributed by atoms with Gasteiger partial charge in [-0.05, 0) is 63.0 Å². The van der Waals surface area contributed by atoms with Crippen molar-refractivity contribution in [1.82, 2.24) is 10.3 Å². The SMILES string of the molecule is Cc1ccnc(Oc2cc(NC(=O)C3CCNCC3)ccc2C)c1.Cl.Cl. The van der Waals surface area contributed by atoms with Gasteiger partial charge in [0.2, 0.25) is 11.8 Å². The molecule has 0 aliphatic carbocycles. The van der Waals surface area contributed by atoms with E-state index in [9.17, 15) is 4.79 Å². The molecule has 1 aromatic heterocycles. The molecule has 0 radical (unpaired) electrons. The minimum absolute atomic E-state index is 0. The number of pyridine rings is 1. The number of hydrogen-bond donors (Lipinski definition) is 2. The van der Waals surface area contributed by atoms with Crippen molar-refractivity contribution in [2.24, 2.45) is 5.92 Å². The van der Waals surface area contributed by atoms with Crippen LogP contribution in [0.4, 0.5) is 5.69 Å². The molecule has 0 saturated carbocycles. The van der Waals surface area contributed by atoms with Crippen molar-refractivity contribution in [2.75, 3.05) is 18.4 Å². The van der Waals surface area contributed by atoms with E-state index < -0.39 is 0 Å². The lowest BCUT2D eigenvalue weighted by Crippen LogP contribution is -2.34. The zero-order valence-corrected chi connectivity index (χ0v) is 16.6. The van der Waals surface area contributed by atoms with Crippen molar-refractivity contribution in [1.29, 1.82) is 0 Å². The van der Waals surface area contributed by atoms with Crippen LogP contribution in [0.2, 0.25) is 0 Å². The number of benzene rings is 1. The van der Waals surface area contributed by atoms with Crippen LogP contribution in [-0.2, 0) is 4.79 Å². The second kappa shape index (κ2) is 10.4. The van der Waals surface area contributed by atoms with Gasteiger partial charge in [-0.3, -0.25) is 4.79 Å². The number of piperidine rings is 1. The van der Waals surface area contributed by atoms with E-state index in [1.54, 1.807) is 6.20 Å². The first-order chi connectivity index (χ1) is 11.6. The van der Waals surface area contributed by atoms with Gasteiger partial charge in [-0.25, -0.2) is 4.98 Å². The number of nitrogens with one attached hydrogen (secondary N) is 2. The minimum atomic E-state index is 0. The normalized spacial score (nSPS) is 13.9. The first kappa shape index (κ1) is 22.2. The monoisotopic (exact) mass is 397 g/mol. The molecule has 1 fully saturated rings. The number of carbonyl (C=O) groups excluding carboxylic acids is 1. The molecule has 1 aliphatic heterocycles. The van der Waals surface area contributed by atoms with Gasteiger partial charge < -0.3 is 15.4 Å². The van der Waals surface area contributed by atoms with Crippen molar-refractivity contribution >= 4 is 36.4 Å². The molecule has 7 heteroatoms. The van der Waals surface area contributed by atoms with Crippen LogP contribution in [0.3, 0.4) is 0 Å². The molecule has 1 aliphatic rings. The Bertz CT molecular complexity index is 734. The van der Waals surface area contributed by atoms with E-state index in [-0.39, 0.29) is 36.6 Å². The van der Waals surface area contributed by atoms with Gasteiger partial charge in [-0.2, -0.15) is 0 Å². The number of halogens is 2. The quantitative estimate of drug-likeness (QED) is 0.808. The molecule has 0 bridgehead atoms. The number of amides is 1. The average Bonchev–Trinajstić information content (AvgIpc) is 2.59. The first-order valence-corrected chi connectivity index (χ1v) is 8.34. The van der Waals surface area contributed by atoms with Gasteiger partial charge >= 0.3 is 0 Å². The summed E-state index contributed by atoms with van der Waals surface area (Å²) in [5.41, 5.74) is 2.85. The molecule has 1 aromatic carbocycles. The summed E-state index contributed by atoms with van der Waals surface area (Å²) in [5, 5.41) is 6.28. The first-order valence-electron chi connectivity index (χ1n) is 8.34. The topological polar surface area (TPSA) is 63.2 Å². The van der Waals surface area contributed by atoms with E-state index in [2.05, 4.69) is 15.6 Å². The molecule has 2 aromatic rings. The van der Waals surface area contributed by atoms with E-state index >= 15 is 0 Å². The van der Waals surface area contributed by atoms with Crippen LogP contribution in [0.5, 0.6) is 11.6 Å². The maximum absolute atomic E-state index is 12.4. The summed E-state index contributed by atoms with van der Waals surface area (Å²) < 4.78 is 5.89. The maximum Gasteiger partial charge on any atom is 0.227 e. The van der Waals surface area contributed by atoms with Crippen LogP contribution in [0.25, 0.3) is 0 Å². The van der Waals surface area contributed by atoms with E-state index in [0.29, 0.717) is 11.6 Å². The maximum atomic E-state index is 12.4. The molecule has 142 valence electrons.